The zero-order chi connectivity index (χ0) is 35.3. The van der Waals surface area contributed by atoms with Crippen molar-refractivity contribution in [3.8, 4) is 33.4 Å². The molecule has 0 aliphatic carbocycles. The zero-order valence-corrected chi connectivity index (χ0v) is 30.8. The van der Waals surface area contributed by atoms with Crippen molar-refractivity contribution >= 4 is 106 Å². The van der Waals surface area contributed by atoms with Crippen LogP contribution in [0.4, 0.5) is 0 Å². The van der Waals surface area contributed by atoms with Crippen molar-refractivity contribution in [2.45, 2.75) is 0 Å². The van der Waals surface area contributed by atoms with Crippen LogP contribution in [0.2, 0.25) is 0 Å². The van der Waals surface area contributed by atoms with Gasteiger partial charge in [0, 0.05) is 51.1 Å². The van der Waals surface area contributed by atoms with E-state index in [1.807, 2.05) is 22.7 Å². The highest BCUT2D eigenvalue weighted by Crippen LogP contribution is 2.46. The summed E-state index contributed by atoms with van der Waals surface area (Å²) in [5.41, 5.74) is 7.54. The van der Waals surface area contributed by atoms with Gasteiger partial charge < -0.3 is 0 Å². The molecule has 0 saturated carbocycles. The highest BCUT2D eigenvalue weighted by atomic mass is 32.1. The van der Waals surface area contributed by atoms with Crippen molar-refractivity contribution in [3.63, 3.8) is 0 Å². The molecule has 54 heavy (non-hydrogen) atoms. The topological polar surface area (TPSA) is 0 Å². The Kier molecular flexibility index (Phi) is 6.48. The SMILES string of the molecule is c1ccc2cc(-c3c4ccccc4c(-c4ccc(-c5ccc6sc7c(ccc8c7ccc7c9ccccc9sc78)c6c5)cc4)c4ccccc34)ccc2c1. The molecule has 0 aliphatic heterocycles. The summed E-state index contributed by atoms with van der Waals surface area (Å²) in [6.45, 7) is 0. The molecule has 0 amide bonds. The molecule has 0 N–H and O–H groups in total. The Bertz CT molecular complexity index is 3430. The number of benzene rings is 10. The van der Waals surface area contributed by atoms with Crippen molar-refractivity contribution in [3.05, 3.63) is 182 Å². The Labute approximate surface area is 319 Å². The van der Waals surface area contributed by atoms with Crippen LogP contribution in [0.15, 0.2) is 182 Å². The molecule has 0 radical (unpaired) electrons. The van der Waals surface area contributed by atoms with E-state index in [2.05, 4.69) is 182 Å². The van der Waals surface area contributed by atoms with Crippen molar-refractivity contribution < 1.29 is 0 Å². The third kappa shape index (κ3) is 4.42. The number of hydrogen-bond acceptors (Lipinski definition) is 2. The highest BCUT2D eigenvalue weighted by molar-refractivity contribution is 7.28. The van der Waals surface area contributed by atoms with E-state index in [0.29, 0.717) is 0 Å². The second-order valence-corrected chi connectivity index (χ2v) is 16.5. The second-order valence-electron chi connectivity index (χ2n) is 14.4. The molecule has 0 saturated heterocycles. The molecule has 0 bridgehead atoms. The Morgan fingerprint density at radius 1 is 0.241 bits per heavy atom. The Hall–Kier alpha value is -6.32. The lowest BCUT2D eigenvalue weighted by atomic mass is 9.85. The largest absolute Gasteiger partial charge is 0.135 e. The second kappa shape index (κ2) is 11.6. The monoisotopic (exact) mass is 718 g/mol. The van der Waals surface area contributed by atoms with E-state index in [4.69, 9.17) is 0 Å². The van der Waals surface area contributed by atoms with Gasteiger partial charge in [0.25, 0.3) is 0 Å². The van der Waals surface area contributed by atoms with Gasteiger partial charge in [-0.05, 0) is 90.0 Å². The van der Waals surface area contributed by atoms with Gasteiger partial charge in [0.05, 0.1) is 0 Å². The fourth-order valence-electron chi connectivity index (χ4n) is 8.93. The third-order valence-electron chi connectivity index (χ3n) is 11.4. The Morgan fingerprint density at radius 2 is 0.685 bits per heavy atom. The van der Waals surface area contributed by atoms with Gasteiger partial charge in [0.2, 0.25) is 0 Å². The summed E-state index contributed by atoms with van der Waals surface area (Å²) in [5.74, 6) is 0. The first-order chi connectivity index (χ1) is 26.8. The van der Waals surface area contributed by atoms with Crippen LogP contribution in [0.3, 0.4) is 0 Å². The summed E-state index contributed by atoms with van der Waals surface area (Å²) in [5, 5.41) is 15.7. The molecule has 2 heteroatoms. The highest BCUT2D eigenvalue weighted by Gasteiger charge is 2.18. The molecule has 2 heterocycles. The minimum atomic E-state index is 1.23. The standard InChI is InChI=1S/C52H30S2/c1-2-10-34-29-36(22-19-31(34)9-1)50-40-14-5-3-12-38(40)49(39-13-4-6-15-41(39)50)33-20-17-32(18-21-33)35-23-28-48-46(30-35)45-27-26-43-44(52(45)54-48)25-24-42-37-11-7-8-16-47(37)53-51(42)43/h1-30H. The first-order valence-electron chi connectivity index (χ1n) is 18.5. The number of hydrogen-bond donors (Lipinski definition) is 0. The van der Waals surface area contributed by atoms with Crippen LogP contribution < -0.4 is 0 Å². The lowest BCUT2D eigenvalue weighted by Crippen LogP contribution is -1.91. The normalized spacial score (nSPS) is 12.1. The summed E-state index contributed by atoms with van der Waals surface area (Å²) in [6, 6.07) is 67.8. The number of fused-ring (bicyclic) bond motifs is 12. The summed E-state index contributed by atoms with van der Waals surface area (Å²) >= 11 is 3.83. The molecule has 12 rings (SSSR count). The fourth-order valence-corrected chi connectivity index (χ4v) is 11.4. The van der Waals surface area contributed by atoms with Gasteiger partial charge in [-0.15, -0.1) is 22.7 Å². The van der Waals surface area contributed by atoms with E-state index in [-0.39, 0.29) is 0 Å². The molecule has 0 spiro atoms. The molecule has 0 atom stereocenters. The van der Waals surface area contributed by atoms with Gasteiger partial charge >= 0.3 is 0 Å². The first-order valence-corrected chi connectivity index (χ1v) is 20.1. The van der Waals surface area contributed by atoms with Crippen molar-refractivity contribution in [2.75, 3.05) is 0 Å². The smallest absolute Gasteiger partial charge is 0.0434 e. The summed E-state index contributed by atoms with van der Waals surface area (Å²) in [4.78, 5) is 0. The molecular weight excluding hydrogens is 689 g/mol. The molecule has 250 valence electrons. The third-order valence-corrected chi connectivity index (χ3v) is 13.9. The number of thiophene rings is 2. The van der Waals surface area contributed by atoms with Crippen LogP contribution in [0, 0.1) is 0 Å². The average Bonchev–Trinajstić information content (AvgIpc) is 3.81. The van der Waals surface area contributed by atoms with Crippen molar-refractivity contribution in [2.24, 2.45) is 0 Å². The predicted molar refractivity (Wildman–Crippen MR) is 239 cm³/mol. The van der Waals surface area contributed by atoms with Gasteiger partial charge in [-0.2, -0.15) is 0 Å². The molecule has 0 aliphatic rings. The van der Waals surface area contributed by atoms with Crippen LogP contribution >= 0.6 is 22.7 Å². The van der Waals surface area contributed by atoms with E-state index < -0.39 is 0 Å². The lowest BCUT2D eigenvalue weighted by Gasteiger charge is -2.18. The molecule has 10 aromatic carbocycles. The van der Waals surface area contributed by atoms with Gasteiger partial charge in [0.15, 0.2) is 0 Å². The molecule has 0 unspecified atom stereocenters. The lowest BCUT2D eigenvalue weighted by molar-refractivity contribution is 1.63. The van der Waals surface area contributed by atoms with E-state index in [0.717, 1.165) is 0 Å². The first kappa shape index (κ1) is 30.2. The van der Waals surface area contributed by atoms with Gasteiger partial charge in [-0.25, -0.2) is 0 Å². The van der Waals surface area contributed by atoms with Gasteiger partial charge in [-0.3, -0.25) is 0 Å². The Morgan fingerprint density at radius 3 is 1.33 bits per heavy atom. The van der Waals surface area contributed by atoms with E-state index in [1.165, 1.54) is 117 Å². The fraction of sp³-hybridized carbons (Fsp3) is 0. The van der Waals surface area contributed by atoms with Gasteiger partial charge in [0.1, 0.15) is 0 Å². The quantitative estimate of drug-likeness (QED) is 0.160. The summed E-state index contributed by atoms with van der Waals surface area (Å²) in [6.07, 6.45) is 0. The number of rotatable bonds is 3. The zero-order valence-electron chi connectivity index (χ0n) is 29.1. The van der Waals surface area contributed by atoms with Crippen LogP contribution in [0.25, 0.3) is 117 Å². The molecule has 12 aromatic rings. The maximum absolute atomic E-state index is 2.40. The minimum Gasteiger partial charge on any atom is -0.135 e. The van der Waals surface area contributed by atoms with Crippen molar-refractivity contribution in [1.82, 2.24) is 0 Å². The van der Waals surface area contributed by atoms with E-state index >= 15 is 0 Å². The molecule has 0 nitrogen and oxygen atoms in total. The molecule has 2 aromatic heterocycles. The summed E-state index contributed by atoms with van der Waals surface area (Å²) < 4.78 is 5.45. The predicted octanol–water partition coefficient (Wildman–Crippen LogP) is 16.0. The maximum Gasteiger partial charge on any atom is 0.0434 e. The molecular formula is C52H30S2. The maximum atomic E-state index is 2.40. The molecule has 0 fully saturated rings. The van der Waals surface area contributed by atoms with E-state index in [9.17, 15) is 0 Å². The van der Waals surface area contributed by atoms with Crippen LogP contribution in [-0.4, -0.2) is 0 Å². The summed E-state index contributed by atoms with van der Waals surface area (Å²) in [7, 11) is 0. The van der Waals surface area contributed by atoms with Gasteiger partial charge in [-0.1, -0.05) is 158 Å². The van der Waals surface area contributed by atoms with Crippen LogP contribution in [0.5, 0.6) is 0 Å². The van der Waals surface area contributed by atoms with E-state index in [1.54, 1.807) is 0 Å². The van der Waals surface area contributed by atoms with Crippen LogP contribution in [-0.2, 0) is 0 Å². The minimum absolute atomic E-state index is 1.23. The van der Waals surface area contributed by atoms with Crippen molar-refractivity contribution in [1.29, 1.82) is 0 Å². The van der Waals surface area contributed by atoms with Crippen LogP contribution in [0.1, 0.15) is 0 Å². The average molecular weight is 719 g/mol. The Balaban J connectivity index is 0.981.